The van der Waals surface area contributed by atoms with Crippen molar-refractivity contribution in [1.29, 1.82) is 0 Å². The Morgan fingerprint density at radius 2 is 2.05 bits per heavy atom. The number of rotatable bonds is 4. The minimum Gasteiger partial charge on any atom is -0.338 e. The molecule has 4 N–H and O–H groups in total. The van der Waals surface area contributed by atoms with E-state index < -0.39 is 0 Å². The number of benzene rings is 1. The van der Waals surface area contributed by atoms with Crippen LogP contribution in [0.4, 0.5) is 16.2 Å². The first-order valence-corrected chi connectivity index (χ1v) is 7.35. The van der Waals surface area contributed by atoms with E-state index >= 15 is 0 Å². The Morgan fingerprint density at radius 1 is 1.29 bits per heavy atom. The Bertz CT molecular complexity index is 498. The molecule has 1 atom stereocenters. The lowest BCUT2D eigenvalue weighted by Gasteiger charge is -2.22. The number of amides is 3. The van der Waals surface area contributed by atoms with Crippen LogP contribution < -0.4 is 21.3 Å². The van der Waals surface area contributed by atoms with Gasteiger partial charge in [-0.25, -0.2) is 4.79 Å². The molecule has 21 heavy (non-hydrogen) atoms. The van der Waals surface area contributed by atoms with E-state index in [9.17, 15) is 9.59 Å². The molecule has 0 bridgehead atoms. The van der Waals surface area contributed by atoms with Crippen molar-refractivity contribution in [1.82, 2.24) is 10.6 Å². The first kappa shape index (κ1) is 15.3. The SMILES string of the molecule is CCNC(=O)Nc1cccc(NC(=O)C2CCCNC2)c1. The average molecular weight is 290 g/mol. The Balaban J connectivity index is 1.93. The van der Waals surface area contributed by atoms with Gasteiger partial charge in [-0.1, -0.05) is 6.07 Å². The number of piperidine rings is 1. The van der Waals surface area contributed by atoms with Crippen LogP contribution in [-0.2, 0) is 4.79 Å². The van der Waals surface area contributed by atoms with Crippen molar-refractivity contribution in [2.75, 3.05) is 30.3 Å². The first-order valence-electron chi connectivity index (χ1n) is 7.35. The van der Waals surface area contributed by atoms with Gasteiger partial charge in [-0.15, -0.1) is 0 Å². The number of nitrogens with one attached hydrogen (secondary N) is 4. The zero-order valence-electron chi connectivity index (χ0n) is 12.2. The molecule has 6 nitrogen and oxygen atoms in total. The molecule has 114 valence electrons. The van der Waals surface area contributed by atoms with E-state index in [4.69, 9.17) is 0 Å². The Morgan fingerprint density at radius 3 is 2.71 bits per heavy atom. The predicted molar refractivity (Wildman–Crippen MR) is 83.4 cm³/mol. The molecular weight excluding hydrogens is 268 g/mol. The minimum atomic E-state index is -0.252. The normalized spacial score (nSPS) is 17.9. The van der Waals surface area contributed by atoms with Crippen molar-refractivity contribution in [3.8, 4) is 0 Å². The highest BCUT2D eigenvalue weighted by Crippen LogP contribution is 2.18. The van der Waals surface area contributed by atoms with Crippen LogP contribution in [0.15, 0.2) is 24.3 Å². The Hall–Kier alpha value is -2.08. The maximum Gasteiger partial charge on any atom is 0.319 e. The van der Waals surface area contributed by atoms with Gasteiger partial charge in [0.15, 0.2) is 0 Å². The summed E-state index contributed by atoms with van der Waals surface area (Å²) in [4.78, 5) is 23.6. The number of hydrogen-bond acceptors (Lipinski definition) is 3. The molecule has 1 fully saturated rings. The second-order valence-electron chi connectivity index (χ2n) is 5.10. The number of urea groups is 1. The van der Waals surface area contributed by atoms with Crippen molar-refractivity contribution in [2.45, 2.75) is 19.8 Å². The van der Waals surface area contributed by atoms with Crippen molar-refractivity contribution in [3.05, 3.63) is 24.3 Å². The fraction of sp³-hybridized carbons (Fsp3) is 0.467. The molecule has 3 amide bonds. The van der Waals surface area contributed by atoms with Gasteiger partial charge in [-0.3, -0.25) is 4.79 Å². The molecule has 2 rings (SSSR count). The molecule has 0 saturated carbocycles. The van der Waals surface area contributed by atoms with Crippen LogP contribution in [0.3, 0.4) is 0 Å². The Kier molecular flexibility index (Phi) is 5.57. The highest BCUT2D eigenvalue weighted by Gasteiger charge is 2.20. The second kappa shape index (κ2) is 7.64. The van der Waals surface area contributed by atoms with E-state index in [0.717, 1.165) is 25.9 Å². The molecule has 1 aromatic carbocycles. The van der Waals surface area contributed by atoms with Crippen LogP contribution in [-0.4, -0.2) is 31.6 Å². The summed E-state index contributed by atoms with van der Waals surface area (Å²) in [6.07, 6.45) is 1.94. The third-order valence-corrected chi connectivity index (χ3v) is 3.39. The van der Waals surface area contributed by atoms with Gasteiger partial charge in [0, 0.05) is 24.5 Å². The lowest BCUT2D eigenvalue weighted by atomic mass is 9.99. The molecule has 1 heterocycles. The van der Waals surface area contributed by atoms with E-state index in [2.05, 4.69) is 21.3 Å². The summed E-state index contributed by atoms with van der Waals surface area (Å²) in [6, 6.07) is 6.90. The van der Waals surface area contributed by atoms with E-state index in [1.807, 2.05) is 13.0 Å². The monoisotopic (exact) mass is 290 g/mol. The van der Waals surface area contributed by atoms with Gasteiger partial charge >= 0.3 is 6.03 Å². The topological polar surface area (TPSA) is 82.3 Å². The van der Waals surface area contributed by atoms with Gasteiger partial charge < -0.3 is 21.3 Å². The van der Waals surface area contributed by atoms with Crippen molar-refractivity contribution in [3.63, 3.8) is 0 Å². The van der Waals surface area contributed by atoms with Crippen molar-refractivity contribution in [2.24, 2.45) is 5.92 Å². The predicted octanol–water partition coefficient (Wildman–Crippen LogP) is 1.77. The summed E-state index contributed by atoms with van der Waals surface area (Å²) in [6.45, 7) is 4.13. The van der Waals surface area contributed by atoms with Gasteiger partial charge in [0.2, 0.25) is 5.91 Å². The molecule has 0 aliphatic carbocycles. The average Bonchev–Trinajstić information content (AvgIpc) is 2.48. The lowest BCUT2D eigenvalue weighted by Crippen LogP contribution is -2.37. The molecule has 6 heteroatoms. The van der Waals surface area contributed by atoms with Gasteiger partial charge in [0.05, 0.1) is 5.92 Å². The van der Waals surface area contributed by atoms with Crippen LogP contribution in [0.5, 0.6) is 0 Å². The zero-order chi connectivity index (χ0) is 15.1. The van der Waals surface area contributed by atoms with Crippen LogP contribution in [0, 0.1) is 5.92 Å². The molecule has 1 aliphatic heterocycles. The number of anilines is 2. The molecule has 1 saturated heterocycles. The van der Waals surface area contributed by atoms with Crippen LogP contribution in [0.25, 0.3) is 0 Å². The third kappa shape index (κ3) is 4.75. The number of carbonyl (C=O) groups is 2. The zero-order valence-corrected chi connectivity index (χ0v) is 12.2. The molecule has 0 aromatic heterocycles. The summed E-state index contributed by atoms with van der Waals surface area (Å²) < 4.78 is 0. The van der Waals surface area contributed by atoms with Crippen LogP contribution in [0.2, 0.25) is 0 Å². The molecule has 1 aromatic rings. The molecule has 0 spiro atoms. The van der Waals surface area contributed by atoms with Gasteiger partial charge in [0.25, 0.3) is 0 Å². The van der Waals surface area contributed by atoms with Gasteiger partial charge in [-0.05, 0) is 44.5 Å². The summed E-state index contributed by atoms with van der Waals surface area (Å²) in [5, 5.41) is 11.5. The summed E-state index contributed by atoms with van der Waals surface area (Å²) >= 11 is 0. The van der Waals surface area contributed by atoms with Gasteiger partial charge in [0.1, 0.15) is 0 Å². The minimum absolute atomic E-state index is 0.0127. The fourth-order valence-corrected chi connectivity index (χ4v) is 2.33. The summed E-state index contributed by atoms with van der Waals surface area (Å²) in [5.41, 5.74) is 1.35. The van der Waals surface area contributed by atoms with Crippen molar-refractivity contribution < 1.29 is 9.59 Å². The largest absolute Gasteiger partial charge is 0.338 e. The standard InChI is InChI=1S/C15H22N4O2/c1-2-17-15(21)19-13-7-3-6-12(9-13)18-14(20)11-5-4-8-16-10-11/h3,6-7,9,11,16H,2,4-5,8,10H2,1H3,(H,18,20)(H2,17,19,21). The van der Waals surface area contributed by atoms with E-state index in [1.54, 1.807) is 18.2 Å². The molecule has 1 aliphatic rings. The smallest absolute Gasteiger partial charge is 0.319 e. The van der Waals surface area contributed by atoms with E-state index in [1.165, 1.54) is 0 Å². The maximum atomic E-state index is 12.2. The molecule has 1 unspecified atom stereocenters. The highest BCUT2D eigenvalue weighted by molar-refractivity contribution is 5.94. The quantitative estimate of drug-likeness (QED) is 0.682. The van der Waals surface area contributed by atoms with Crippen LogP contribution >= 0.6 is 0 Å². The first-order chi connectivity index (χ1) is 10.2. The summed E-state index contributed by atoms with van der Waals surface area (Å²) in [7, 11) is 0. The van der Waals surface area contributed by atoms with E-state index in [-0.39, 0.29) is 17.9 Å². The van der Waals surface area contributed by atoms with E-state index in [0.29, 0.717) is 17.9 Å². The van der Waals surface area contributed by atoms with Crippen LogP contribution in [0.1, 0.15) is 19.8 Å². The molecule has 0 radical (unpaired) electrons. The Labute approximate surface area is 124 Å². The fourth-order valence-electron chi connectivity index (χ4n) is 2.33. The molecular formula is C15H22N4O2. The lowest BCUT2D eigenvalue weighted by molar-refractivity contribution is -0.120. The number of carbonyl (C=O) groups excluding carboxylic acids is 2. The van der Waals surface area contributed by atoms with Gasteiger partial charge in [-0.2, -0.15) is 0 Å². The number of hydrogen-bond donors (Lipinski definition) is 4. The second-order valence-corrected chi connectivity index (χ2v) is 5.10. The summed E-state index contributed by atoms with van der Waals surface area (Å²) in [5.74, 6) is 0.0381. The third-order valence-electron chi connectivity index (χ3n) is 3.39. The van der Waals surface area contributed by atoms with Crippen molar-refractivity contribution >= 4 is 23.3 Å². The highest BCUT2D eigenvalue weighted by atomic mass is 16.2. The maximum absolute atomic E-state index is 12.2.